The van der Waals surface area contributed by atoms with Crippen LogP contribution in [0.5, 0.6) is 0 Å². The molecule has 0 radical (unpaired) electrons. The molecule has 2 aliphatic rings. The van der Waals surface area contributed by atoms with Crippen LogP contribution in [0.4, 0.5) is 4.39 Å². The fourth-order valence-electron chi connectivity index (χ4n) is 3.96. The molecule has 1 saturated carbocycles. The van der Waals surface area contributed by atoms with E-state index in [0.717, 1.165) is 39.0 Å². The van der Waals surface area contributed by atoms with Crippen LogP contribution in [-0.2, 0) is 11.3 Å². The van der Waals surface area contributed by atoms with Gasteiger partial charge >= 0.3 is 0 Å². The number of hydrogen-bond acceptors (Lipinski definition) is 5. The number of carbonyl (C=O) groups is 1. The van der Waals surface area contributed by atoms with E-state index in [-0.39, 0.29) is 11.7 Å². The summed E-state index contributed by atoms with van der Waals surface area (Å²) in [5.74, 6) is 1.30. The van der Waals surface area contributed by atoms with Crippen LogP contribution in [0, 0.1) is 11.7 Å². The van der Waals surface area contributed by atoms with Crippen LogP contribution in [0.25, 0.3) is 11.5 Å². The number of amides is 1. The number of nitrogens with zero attached hydrogens (tertiary/aromatic N) is 4. The molecule has 1 amide bonds. The zero-order valence-corrected chi connectivity index (χ0v) is 15.4. The highest BCUT2D eigenvalue weighted by molar-refractivity contribution is 5.79. The standard InChI is InChI=1S/C20H25FN4O2/c21-17-8-6-15(7-9-17)19-22-18(23-27-19)14-24-10-12-25(13-11-24)20(26)16-4-2-1-3-5-16/h6-9,16H,1-5,10-14H2. The molecule has 27 heavy (non-hydrogen) atoms. The maximum Gasteiger partial charge on any atom is 0.257 e. The molecule has 2 fully saturated rings. The Hall–Kier alpha value is -2.28. The highest BCUT2D eigenvalue weighted by Gasteiger charge is 2.28. The van der Waals surface area contributed by atoms with E-state index >= 15 is 0 Å². The van der Waals surface area contributed by atoms with Crippen molar-refractivity contribution in [1.29, 1.82) is 0 Å². The number of carbonyl (C=O) groups excluding carboxylic acids is 1. The smallest absolute Gasteiger partial charge is 0.257 e. The number of aromatic nitrogens is 2. The Kier molecular flexibility index (Phi) is 5.48. The van der Waals surface area contributed by atoms with Gasteiger partial charge in [0, 0.05) is 37.7 Å². The van der Waals surface area contributed by atoms with Gasteiger partial charge in [0.15, 0.2) is 5.82 Å². The Morgan fingerprint density at radius 1 is 1.07 bits per heavy atom. The molecule has 2 aromatic rings. The minimum Gasteiger partial charge on any atom is -0.340 e. The van der Waals surface area contributed by atoms with Gasteiger partial charge in [-0.15, -0.1) is 0 Å². The van der Waals surface area contributed by atoms with Gasteiger partial charge in [0.2, 0.25) is 5.91 Å². The fraction of sp³-hybridized carbons (Fsp3) is 0.550. The summed E-state index contributed by atoms with van der Waals surface area (Å²) in [5.41, 5.74) is 0.707. The third kappa shape index (κ3) is 4.35. The molecule has 1 aromatic carbocycles. The fourth-order valence-corrected chi connectivity index (χ4v) is 3.96. The minimum absolute atomic E-state index is 0.237. The third-order valence-electron chi connectivity index (χ3n) is 5.56. The molecular weight excluding hydrogens is 347 g/mol. The van der Waals surface area contributed by atoms with Crippen LogP contribution in [0.15, 0.2) is 28.8 Å². The van der Waals surface area contributed by atoms with Crippen molar-refractivity contribution < 1.29 is 13.7 Å². The average Bonchev–Trinajstić information content (AvgIpc) is 3.18. The van der Waals surface area contributed by atoms with Crippen molar-refractivity contribution in [3.8, 4) is 11.5 Å². The first-order valence-electron chi connectivity index (χ1n) is 9.79. The van der Waals surface area contributed by atoms with Gasteiger partial charge in [-0.1, -0.05) is 24.4 Å². The molecule has 1 aliphatic heterocycles. The van der Waals surface area contributed by atoms with Crippen LogP contribution in [0.1, 0.15) is 37.9 Å². The molecule has 2 heterocycles. The summed E-state index contributed by atoms with van der Waals surface area (Å²) in [7, 11) is 0. The second-order valence-corrected chi connectivity index (χ2v) is 7.46. The maximum absolute atomic E-state index is 13.0. The monoisotopic (exact) mass is 372 g/mol. The predicted molar refractivity (Wildman–Crippen MR) is 98.1 cm³/mol. The summed E-state index contributed by atoms with van der Waals surface area (Å²) >= 11 is 0. The largest absolute Gasteiger partial charge is 0.340 e. The summed E-state index contributed by atoms with van der Waals surface area (Å²) in [6, 6.07) is 6.01. The molecule has 1 aliphatic carbocycles. The van der Waals surface area contributed by atoms with Crippen molar-refractivity contribution in [2.45, 2.75) is 38.6 Å². The lowest BCUT2D eigenvalue weighted by molar-refractivity contribution is -0.138. The molecule has 0 atom stereocenters. The summed E-state index contributed by atoms with van der Waals surface area (Å²) in [6.45, 7) is 3.75. The molecular formula is C20H25FN4O2. The first-order valence-corrected chi connectivity index (χ1v) is 9.79. The lowest BCUT2D eigenvalue weighted by Gasteiger charge is -2.36. The molecule has 144 valence electrons. The van der Waals surface area contributed by atoms with Crippen molar-refractivity contribution in [2.75, 3.05) is 26.2 Å². The summed E-state index contributed by atoms with van der Waals surface area (Å²) in [4.78, 5) is 21.3. The Bertz CT molecular complexity index is 763. The van der Waals surface area contributed by atoms with Crippen LogP contribution < -0.4 is 0 Å². The van der Waals surface area contributed by atoms with Gasteiger partial charge < -0.3 is 9.42 Å². The van der Waals surface area contributed by atoms with E-state index in [0.29, 0.717) is 29.7 Å². The zero-order chi connectivity index (χ0) is 18.6. The van der Waals surface area contributed by atoms with Crippen molar-refractivity contribution in [3.05, 3.63) is 35.9 Å². The second-order valence-electron chi connectivity index (χ2n) is 7.46. The van der Waals surface area contributed by atoms with E-state index < -0.39 is 0 Å². The molecule has 4 rings (SSSR count). The Labute approximate surface area is 158 Å². The van der Waals surface area contributed by atoms with E-state index in [1.807, 2.05) is 4.90 Å². The molecule has 0 N–H and O–H groups in total. The molecule has 0 spiro atoms. The van der Waals surface area contributed by atoms with Gasteiger partial charge in [-0.05, 0) is 37.1 Å². The van der Waals surface area contributed by atoms with Gasteiger partial charge in [0.1, 0.15) is 5.82 Å². The molecule has 0 bridgehead atoms. The Morgan fingerprint density at radius 3 is 2.48 bits per heavy atom. The summed E-state index contributed by atoms with van der Waals surface area (Å²) in [6.07, 6.45) is 5.74. The van der Waals surface area contributed by atoms with Crippen LogP contribution >= 0.6 is 0 Å². The first kappa shape index (κ1) is 18.1. The predicted octanol–water partition coefficient (Wildman–Crippen LogP) is 3.10. The van der Waals surface area contributed by atoms with Crippen LogP contribution in [-0.4, -0.2) is 52.0 Å². The Balaban J connectivity index is 1.29. The maximum atomic E-state index is 13.0. The van der Waals surface area contributed by atoms with Gasteiger partial charge in [0.25, 0.3) is 5.89 Å². The van der Waals surface area contributed by atoms with Crippen LogP contribution in [0.2, 0.25) is 0 Å². The zero-order valence-electron chi connectivity index (χ0n) is 15.4. The topological polar surface area (TPSA) is 62.5 Å². The van der Waals surface area contributed by atoms with Crippen molar-refractivity contribution >= 4 is 5.91 Å². The SMILES string of the molecule is O=C(C1CCCCC1)N1CCN(Cc2noc(-c3ccc(F)cc3)n2)CC1. The van der Waals surface area contributed by atoms with Gasteiger partial charge in [-0.25, -0.2) is 4.39 Å². The number of rotatable bonds is 4. The Morgan fingerprint density at radius 2 is 1.78 bits per heavy atom. The number of hydrogen-bond donors (Lipinski definition) is 0. The van der Waals surface area contributed by atoms with Crippen molar-refractivity contribution in [3.63, 3.8) is 0 Å². The average molecular weight is 372 g/mol. The quantitative estimate of drug-likeness (QED) is 0.825. The highest BCUT2D eigenvalue weighted by Crippen LogP contribution is 2.26. The minimum atomic E-state index is -0.292. The molecule has 1 aromatic heterocycles. The van der Waals surface area contributed by atoms with E-state index in [4.69, 9.17) is 4.52 Å². The normalized spacial score (nSPS) is 19.4. The second kappa shape index (κ2) is 8.17. The molecule has 6 nitrogen and oxygen atoms in total. The van der Waals surface area contributed by atoms with Gasteiger partial charge in [0.05, 0.1) is 6.54 Å². The van der Waals surface area contributed by atoms with E-state index in [1.165, 1.54) is 31.4 Å². The summed E-state index contributed by atoms with van der Waals surface area (Å²) in [5, 5.41) is 4.03. The van der Waals surface area contributed by atoms with Gasteiger partial charge in [-0.3, -0.25) is 9.69 Å². The van der Waals surface area contributed by atoms with E-state index in [1.54, 1.807) is 12.1 Å². The van der Waals surface area contributed by atoms with Crippen molar-refractivity contribution in [1.82, 2.24) is 19.9 Å². The number of halogens is 1. The molecule has 7 heteroatoms. The lowest BCUT2D eigenvalue weighted by Crippen LogP contribution is -2.50. The molecule has 1 saturated heterocycles. The van der Waals surface area contributed by atoms with E-state index in [2.05, 4.69) is 15.0 Å². The third-order valence-corrected chi connectivity index (χ3v) is 5.56. The van der Waals surface area contributed by atoms with E-state index in [9.17, 15) is 9.18 Å². The molecule has 0 unspecified atom stereocenters. The van der Waals surface area contributed by atoms with Crippen LogP contribution in [0.3, 0.4) is 0 Å². The summed E-state index contributed by atoms with van der Waals surface area (Å²) < 4.78 is 18.3. The number of piperazine rings is 1. The highest BCUT2D eigenvalue weighted by atomic mass is 19.1. The number of benzene rings is 1. The lowest BCUT2D eigenvalue weighted by atomic mass is 9.88. The first-order chi connectivity index (χ1) is 13.2. The van der Waals surface area contributed by atoms with Gasteiger partial charge in [-0.2, -0.15) is 4.98 Å². The van der Waals surface area contributed by atoms with Crippen molar-refractivity contribution in [2.24, 2.45) is 5.92 Å².